The van der Waals surface area contributed by atoms with Crippen molar-refractivity contribution in [2.75, 3.05) is 19.6 Å². The smallest absolute Gasteiger partial charge is 0.269 e. The summed E-state index contributed by atoms with van der Waals surface area (Å²) in [6.45, 7) is 2.67. The van der Waals surface area contributed by atoms with E-state index in [4.69, 9.17) is 5.73 Å². The lowest BCUT2D eigenvalue weighted by molar-refractivity contribution is -0.384. The highest BCUT2D eigenvalue weighted by atomic mass is 16.6. The Morgan fingerprint density at radius 3 is 2.45 bits per heavy atom. The molecule has 2 aromatic rings. The molecule has 1 aliphatic heterocycles. The van der Waals surface area contributed by atoms with Gasteiger partial charge in [0.25, 0.3) is 5.69 Å². The van der Waals surface area contributed by atoms with Crippen LogP contribution in [0.3, 0.4) is 0 Å². The number of amides is 1. The lowest BCUT2D eigenvalue weighted by Gasteiger charge is -2.34. The van der Waals surface area contributed by atoms with E-state index in [0.717, 1.165) is 37.9 Å². The number of carbonyl (C=O) groups is 1. The fraction of sp³-hybridized carbons (Fsp3) is 0.429. The van der Waals surface area contributed by atoms with Gasteiger partial charge in [-0.3, -0.25) is 25.2 Å². The lowest BCUT2D eigenvalue weighted by Crippen LogP contribution is -2.54. The van der Waals surface area contributed by atoms with E-state index in [1.54, 1.807) is 24.5 Å². The van der Waals surface area contributed by atoms with Gasteiger partial charge in [0.2, 0.25) is 5.91 Å². The maximum absolute atomic E-state index is 12.7. The first-order chi connectivity index (χ1) is 14.0. The molecule has 0 bridgehead atoms. The third-order valence-corrected chi connectivity index (χ3v) is 5.65. The molecule has 1 amide bonds. The predicted molar refractivity (Wildman–Crippen MR) is 110 cm³/mol. The van der Waals surface area contributed by atoms with Crippen molar-refractivity contribution < 1.29 is 9.72 Å². The van der Waals surface area contributed by atoms with Crippen LogP contribution in [0.4, 0.5) is 5.69 Å². The van der Waals surface area contributed by atoms with Crippen LogP contribution in [0.5, 0.6) is 0 Å². The highest BCUT2D eigenvalue weighted by Crippen LogP contribution is 2.28. The van der Waals surface area contributed by atoms with Crippen LogP contribution in [0.15, 0.2) is 48.8 Å². The third-order valence-electron chi connectivity index (χ3n) is 5.65. The number of benzene rings is 1. The van der Waals surface area contributed by atoms with Crippen molar-refractivity contribution in [3.05, 3.63) is 70.0 Å². The monoisotopic (exact) mass is 397 g/mol. The topological polar surface area (TPSA) is 123 Å². The highest BCUT2D eigenvalue weighted by molar-refractivity contribution is 5.86. The maximum Gasteiger partial charge on any atom is 0.269 e. The first-order valence-corrected chi connectivity index (χ1v) is 9.91. The van der Waals surface area contributed by atoms with Crippen LogP contribution in [0.1, 0.15) is 30.4 Å². The van der Waals surface area contributed by atoms with E-state index < -0.39 is 16.4 Å². The van der Waals surface area contributed by atoms with E-state index in [1.807, 2.05) is 12.1 Å². The first kappa shape index (κ1) is 20.9. The summed E-state index contributed by atoms with van der Waals surface area (Å²) in [6, 6.07) is 9.74. The fourth-order valence-electron chi connectivity index (χ4n) is 3.92. The van der Waals surface area contributed by atoms with Gasteiger partial charge in [-0.2, -0.15) is 0 Å². The van der Waals surface area contributed by atoms with Crippen molar-refractivity contribution in [3.8, 4) is 0 Å². The van der Waals surface area contributed by atoms with Gasteiger partial charge in [0.05, 0.1) is 4.92 Å². The van der Waals surface area contributed by atoms with Crippen molar-refractivity contribution in [2.45, 2.75) is 31.2 Å². The Hall–Kier alpha value is -2.84. The van der Waals surface area contributed by atoms with Gasteiger partial charge in [0, 0.05) is 30.9 Å². The van der Waals surface area contributed by atoms with Crippen LogP contribution in [0.2, 0.25) is 0 Å². The number of rotatable bonds is 9. The minimum Gasteiger partial charge on any atom is -0.368 e. The van der Waals surface area contributed by atoms with Gasteiger partial charge in [0.15, 0.2) is 0 Å². The molecule has 3 rings (SSSR count). The van der Waals surface area contributed by atoms with Crippen LogP contribution in [-0.4, -0.2) is 35.4 Å². The number of carbonyl (C=O) groups excluding carboxylic acids is 1. The predicted octanol–water partition coefficient (Wildman–Crippen LogP) is 1.89. The molecule has 29 heavy (non-hydrogen) atoms. The molecule has 8 heteroatoms. The Morgan fingerprint density at radius 2 is 1.86 bits per heavy atom. The number of hydrogen-bond acceptors (Lipinski definition) is 6. The van der Waals surface area contributed by atoms with Gasteiger partial charge in [-0.15, -0.1) is 0 Å². The molecule has 0 spiro atoms. The SMILES string of the molecule is NC(=O)C(Cc1ccncc1)(NCCC1CCNCC1)c1ccc([N+](=O)[O-])cc1. The molecular weight excluding hydrogens is 370 g/mol. The lowest BCUT2D eigenvalue weighted by atomic mass is 9.82. The Morgan fingerprint density at radius 1 is 1.21 bits per heavy atom. The number of hydrogen-bond donors (Lipinski definition) is 3. The number of pyridine rings is 1. The van der Waals surface area contributed by atoms with E-state index in [-0.39, 0.29) is 5.69 Å². The summed E-state index contributed by atoms with van der Waals surface area (Å²) >= 11 is 0. The standard InChI is InChI=1S/C21H27N5O3/c22-20(27)21(15-17-7-12-24-13-8-17,18-1-3-19(4-2-18)26(28)29)25-14-9-16-5-10-23-11-6-16/h1-4,7-8,12-13,16,23,25H,5-6,9-11,14-15H2,(H2,22,27). The fourth-order valence-corrected chi connectivity index (χ4v) is 3.92. The van der Waals surface area contributed by atoms with Crippen molar-refractivity contribution in [1.82, 2.24) is 15.6 Å². The Kier molecular flexibility index (Phi) is 6.90. The van der Waals surface area contributed by atoms with E-state index in [2.05, 4.69) is 15.6 Å². The second-order valence-corrected chi connectivity index (χ2v) is 7.51. The van der Waals surface area contributed by atoms with E-state index in [0.29, 0.717) is 24.4 Å². The summed E-state index contributed by atoms with van der Waals surface area (Å²) in [5, 5.41) is 17.8. The molecule has 1 saturated heterocycles. The summed E-state index contributed by atoms with van der Waals surface area (Å²) in [5.74, 6) is 0.0978. The molecule has 0 radical (unpaired) electrons. The molecule has 154 valence electrons. The normalized spacial score (nSPS) is 16.8. The molecule has 1 aliphatic rings. The highest BCUT2D eigenvalue weighted by Gasteiger charge is 2.38. The molecule has 0 aliphatic carbocycles. The second-order valence-electron chi connectivity index (χ2n) is 7.51. The van der Waals surface area contributed by atoms with Gasteiger partial charge in [0.1, 0.15) is 5.54 Å². The van der Waals surface area contributed by atoms with Gasteiger partial charge < -0.3 is 11.1 Å². The molecule has 0 saturated carbocycles. The molecule has 1 aromatic carbocycles. The Balaban J connectivity index is 1.86. The number of nitrogens with zero attached hydrogens (tertiary/aromatic N) is 2. The minimum absolute atomic E-state index is 0.0225. The van der Waals surface area contributed by atoms with Crippen molar-refractivity contribution in [3.63, 3.8) is 0 Å². The van der Waals surface area contributed by atoms with Crippen LogP contribution < -0.4 is 16.4 Å². The first-order valence-electron chi connectivity index (χ1n) is 9.91. The summed E-state index contributed by atoms with van der Waals surface area (Å²) in [7, 11) is 0. The van der Waals surface area contributed by atoms with Crippen LogP contribution in [-0.2, 0) is 16.8 Å². The van der Waals surface area contributed by atoms with E-state index in [9.17, 15) is 14.9 Å². The average molecular weight is 397 g/mol. The van der Waals surface area contributed by atoms with Gasteiger partial charge in [-0.25, -0.2) is 0 Å². The largest absolute Gasteiger partial charge is 0.368 e. The molecule has 8 nitrogen and oxygen atoms in total. The Labute approximate surface area is 170 Å². The van der Waals surface area contributed by atoms with Gasteiger partial charge >= 0.3 is 0 Å². The maximum atomic E-state index is 12.7. The van der Waals surface area contributed by atoms with E-state index >= 15 is 0 Å². The summed E-state index contributed by atoms with van der Waals surface area (Å²) in [4.78, 5) is 27.3. The van der Waals surface area contributed by atoms with Crippen LogP contribution in [0, 0.1) is 16.0 Å². The molecular formula is C21H27N5O3. The van der Waals surface area contributed by atoms with Crippen molar-refractivity contribution in [2.24, 2.45) is 11.7 Å². The molecule has 1 fully saturated rings. The molecule has 4 N–H and O–H groups in total. The summed E-state index contributed by atoms with van der Waals surface area (Å²) in [5.41, 5.74) is 6.27. The van der Waals surface area contributed by atoms with Gasteiger partial charge in [-0.05, 0) is 80.2 Å². The number of aromatic nitrogens is 1. The van der Waals surface area contributed by atoms with Crippen LogP contribution >= 0.6 is 0 Å². The summed E-state index contributed by atoms with van der Waals surface area (Å²) in [6.07, 6.45) is 6.87. The number of nitrogens with two attached hydrogens (primary N) is 1. The van der Waals surface area contributed by atoms with E-state index in [1.165, 1.54) is 12.1 Å². The zero-order valence-electron chi connectivity index (χ0n) is 16.3. The Bertz CT molecular complexity index is 822. The third kappa shape index (κ3) is 5.16. The van der Waals surface area contributed by atoms with Crippen molar-refractivity contribution >= 4 is 11.6 Å². The molecule has 1 unspecified atom stereocenters. The number of non-ortho nitro benzene ring substituents is 1. The number of nitro groups is 1. The molecule has 1 atom stereocenters. The molecule has 1 aromatic heterocycles. The quantitative estimate of drug-likeness (QED) is 0.439. The molecule has 2 heterocycles. The number of piperidine rings is 1. The number of primary amides is 1. The zero-order valence-corrected chi connectivity index (χ0v) is 16.3. The van der Waals surface area contributed by atoms with Crippen molar-refractivity contribution in [1.29, 1.82) is 0 Å². The summed E-state index contributed by atoms with van der Waals surface area (Å²) < 4.78 is 0. The number of nitro benzene ring substituents is 1. The minimum atomic E-state index is -1.15. The second kappa shape index (κ2) is 9.58. The zero-order chi connectivity index (χ0) is 20.7. The number of nitrogens with one attached hydrogen (secondary N) is 2. The average Bonchev–Trinajstić information content (AvgIpc) is 2.74. The van der Waals surface area contributed by atoms with Crippen LogP contribution in [0.25, 0.3) is 0 Å². The van der Waals surface area contributed by atoms with Gasteiger partial charge in [-0.1, -0.05) is 0 Å².